The van der Waals surface area contributed by atoms with E-state index in [2.05, 4.69) is 0 Å². The number of ether oxygens (including phenoxy) is 1. The number of nitrogens with zero attached hydrogens (tertiary/aromatic N) is 3. The van der Waals surface area contributed by atoms with Gasteiger partial charge in [0.15, 0.2) is 0 Å². The Balaban J connectivity index is 2.06. The van der Waals surface area contributed by atoms with Gasteiger partial charge < -0.3 is 19.4 Å². The van der Waals surface area contributed by atoms with E-state index in [1.54, 1.807) is 14.7 Å². The van der Waals surface area contributed by atoms with Crippen molar-refractivity contribution in [3.63, 3.8) is 0 Å². The van der Waals surface area contributed by atoms with Gasteiger partial charge in [0, 0.05) is 32.7 Å². The monoisotopic (exact) mass is 435 g/mol. The highest BCUT2D eigenvalue weighted by atomic mass is 32.2. The zero-order valence-corrected chi connectivity index (χ0v) is 19.0. The van der Waals surface area contributed by atoms with Crippen LogP contribution >= 0.6 is 11.8 Å². The third kappa shape index (κ3) is 7.32. The molecule has 1 aromatic carbocycles. The second kappa shape index (κ2) is 12.6. The molecule has 0 N–H and O–H groups in total. The van der Waals surface area contributed by atoms with Crippen LogP contribution in [0.3, 0.4) is 0 Å². The topological polar surface area (TPSA) is 70.2 Å². The van der Waals surface area contributed by atoms with Crippen LogP contribution in [0.4, 0.5) is 0 Å². The minimum atomic E-state index is -0.391. The SMILES string of the molecule is CCN(CC)C(=O)COC1CN(CCc2ccccc2)C(=O)CN(C(=O)CSC)C1. The van der Waals surface area contributed by atoms with Crippen LogP contribution in [-0.4, -0.2) is 96.4 Å². The Hall–Kier alpha value is -2.06. The maximum Gasteiger partial charge on any atom is 0.248 e. The summed E-state index contributed by atoms with van der Waals surface area (Å²) in [5.74, 6) is 0.0851. The molecule has 8 heteroatoms. The summed E-state index contributed by atoms with van der Waals surface area (Å²) in [5, 5.41) is 0. The van der Waals surface area contributed by atoms with E-state index in [1.807, 2.05) is 50.4 Å². The fraction of sp³-hybridized carbons (Fsp3) is 0.591. The number of rotatable bonds is 10. The Morgan fingerprint density at radius 2 is 1.87 bits per heavy atom. The normalized spacial score (nSPS) is 17.0. The van der Waals surface area contributed by atoms with E-state index in [4.69, 9.17) is 4.74 Å². The molecule has 2 rings (SSSR count). The number of thioether (sulfide) groups is 1. The number of hydrogen-bond acceptors (Lipinski definition) is 5. The Morgan fingerprint density at radius 3 is 2.50 bits per heavy atom. The Labute approximate surface area is 183 Å². The summed E-state index contributed by atoms with van der Waals surface area (Å²) < 4.78 is 5.91. The molecule has 1 aliphatic heterocycles. The van der Waals surface area contributed by atoms with E-state index in [-0.39, 0.29) is 30.9 Å². The molecule has 3 amide bonds. The molecule has 1 fully saturated rings. The van der Waals surface area contributed by atoms with Crippen molar-refractivity contribution in [3.8, 4) is 0 Å². The highest BCUT2D eigenvalue weighted by Crippen LogP contribution is 2.12. The first kappa shape index (κ1) is 24.2. The number of carbonyl (C=O) groups is 3. The van der Waals surface area contributed by atoms with Crippen molar-refractivity contribution in [3.05, 3.63) is 35.9 Å². The van der Waals surface area contributed by atoms with Gasteiger partial charge in [0.2, 0.25) is 17.7 Å². The van der Waals surface area contributed by atoms with Crippen LogP contribution in [0.25, 0.3) is 0 Å². The van der Waals surface area contributed by atoms with Crippen molar-refractivity contribution in [1.82, 2.24) is 14.7 Å². The summed E-state index contributed by atoms with van der Waals surface area (Å²) in [6, 6.07) is 9.99. The quantitative estimate of drug-likeness (QED) is 0.557. The number of amides is 3. The van der Waals surface area contributed by atoms with E-state index in [0.29, 0.717) is 38.5 Å². The van der Waals surface area contributed by atoms with Gasteiger partial charge in [0.1, 0.15) is 6.61 Å². The van der Waals surface area contributed by atoms with Gasteiger partial charge in [-0.1, -0.05) is 30.3 Å². The summed E-state index contributed by atoms with van der Waals surface area (Å²) in [6.07, 6.45) is 2.20. The highest BCUT2D eigenvalue weighted by Gasteiger charge is 2.31. The number of carbonyl (C=O) groups excluding carboxylic acids is 3. The maximum atomic E-state index is 12.8. The molecule has 166 valence electrons. The largest absolute Gasteiger partial charge is 0.365 e. The predicted octanol–water partition coefficient (Wildman–Crippen LogP) is 1.52. The van der Waals surface area contributed by atoms with Crippen LogP contribution in [-0.2, 0) is 25.5 Å². The van der Waals surface area contributed by atoms with Crippen molar-refractivity contribution in [2.45, 2.75) is 26.4 Å². The van der Waals surface area contributed by atoms with E-state index in [0.717, 1.165) is 12.0 Å². The highest BCUT2D eigenvalue weighted by molar-refractivity contribution is 7.99. The lowest BCUT2D eigenvalue weighted by Crippen LogP contribution is -2.42. The first-order valence-electron chi connectivity index (χ1n) is 10.5. The first-order chi connectivity index (χ1) is 14.5. The van der Waals surface area contributed by atoms with Crippen LogP contribution in [0.15, 0.2) is 30.3 Å². The predicted molar refractivity (Wildman–Crippen MR) is 119 cm³/mol. The lowest BCUT2D eigenvalue weighted by molar-refractivity contribution is -0.139. The van der Waals surface area contributed by atoms with Gasteiger partial charge in [-0.2, -0.15) is 11.8 Å². The van der Waals surface area contributed by atoms with E-state index >= 15 is 0 Å². The number of hydrogen-bond donors (Lipinski definition) is 0. The van der Waals surface area contributed by atoms with Crippen molar-refractivity contribution in [1.29, 1.82) is 0 Å². The van der Waals surface area contributed by atoms with E-state index in [1.165, 1.54) is 11.8 Å². The zero-order chi connectivity index (χ0) is 21.9. The van der Waals surface area contributed by atoms with Gasteiger partial charge in [-0.3, -0.25) is 14.4 Å². The van der Waals surface area contributed by atoms with Crippen LogP contribution in [0.5, 0.6) is 0 Å². The van der Waals surface area contributed by atoms with Crippen LogP contribution in [0, 0.1) is 0 Å². The van der Waals surface area contributed by atoms with Crippen LogP contribution in [0.2, 0.25) is 0 Å². The summed E-state index contributed by atoms with van der Waals surface area (Å²) in [5.41, 5.74) is 1.15. The Kier molecular flexibility index (Phi) is 10.2. The van der Waals surface area contributed by atoms with Gasteiger partial charge in [0.25, 0.3) is 0 Å². The standard InChI is InChI=1S/C22H33N3O4S/c1-4-23(5-2)21(27)16-29-19-13-24(12-11-18-9-7-6-8-10-18)20(26)15-25(14-19)22(28)17-30-3/h6-10,19H,4-5,11-17H2,1-3H3. The summed E-state index contributed by atoms with van der Waals surface area (Å²) in [7, 11) is 0. The molecular weight excluding hydrogens is 402 g/mol. The summed E-state index contributed by atoms with van der Waals surface area (Å²) in [4.78, 5) is 42.7. The molecule has 0 spiro atoms. The van der Waals surface area contributed by atoms with Crippen molar-refractivity contribution >= 4 is 29.5 Å². The molecule has 1 aromatic rings. The van der Waals surface area contributed by atoms with Gasteiger partial charge in [-0.15, -0.1) is 0 Å². The summed E-state index contributed by atoms with van der Waals surface area (Å²) >= 11 is 1.43. The third-order valence-electron chi connectivity index (χ3n) is 5.22. The molecule has 30 heavy (non-hydrogen) atoms. The lowest BCUT2D eigenvalue weighted by atomic mass is 10.1. The smallest absolute Gasteiger partial charge is 0.248 e. The number of benzene rings is 1. The zero-order valence-electron chi connectivity index (χ0n) is 18.2. The Bertz CT molecular complexity index is 697. The maximum absolute atomic E-state index is 12.8. The van der Waals surface area contributed by atoms with Gasteiger partial charge in [-0.25, -0.2) is 0 Å². The average molecular weight is 436 g/mol. The molecule has 1 atom stereocenters. The summed E-state index contributed by atoms with van der Waals surface area (Å²) in [6.45, 7) is 6.37. The van der Waals surface area contributed by atoms with Crippen molar-refractivity contribution in [2.75, 3.05) is 57.9 Å². The minimum Gasteiger partial charge on any atom is -0.365 e. The molecular formula is C22H33N3O4S. The van der Waals surface area contributed by atoms with E-state index < -0.39 is 6.10 Å². The number of likely N-dealkylation sites (N-methyl/N-ethyl adjacent to an activating group) is 1. The molecule has 1 heterocycles. The molecule has 1 unspecified atom stereocenters. The molecule has 1 aliphatic rings. The molecule has 0 aromatic heterocycles. The molecule has 7 nitrogen and oxygen atoms in total. The molecule has 1 saturated heterocycles. The minimum absolute atomic E-state index is 0.0440. The lowest BCUT2D eigenvalue weighted by Gasteiger charge is -2.26. The van der Waals surface area contributed by atoms with Gasteiger partial charge >= 0.3 is 0 Å². The molecule has 0 bridgehead atoms. The third-order valence-corrected chi connectivity index (χ3v) is 5.75. The van der Waals surface area contributed by atoms with Crippen LogP contribution < -0.4 is 0 Å². The van der Waals surface area contributed by atoms with Crippen LogP contribution in [0.1, 0.15) is 19.4 Å². The first-order valence-corrected chi connectivity index (χ1v) is 11.9. The van der Waals surface area contributed by atoms with Gasteiger partial charge in [-0.05, 0) is 32.1 Å². The fourth-order valence-corrected chi connectivity index (χ4v) is 3.90. The molecule has 0 saturated carbocycles. The van der Waals surface area contributed by atoms with Gasteiger partial charge in [0.05, 0.1) is 18.4 Å². The van der Waals surface area contributed by atoms with Crippen molar-refractivity contribution in [2.24, 2.45) is 0 Å². The second-order valence-electron chi connectivity index (χ2n) is 7.28. The fourth-order valence-electron chi connectivity index (χ4n) is 3.47. The van der Waals surface area contributed by atoms with E-state index in [9.17, 15) is 14.4 Å². The molecule has 0 aliphatic carbocycles. The van der Waals surface area contributed by atoms with Crippen molar-refractivity contribution < 1.29 is 19.1 Å². The molecule has 0 radical (unpaired) electrons. The Morgan fingerprint density at radius 1 is 1.17 bits per heavy atom. The average Bonchev–Trinajstić information content (AvgIpc) is 2.91. The second-order valence-corrected chi connectivity index (χ2v) is 8.15.